The van der Waals surface area contributed by atoms with Crippen LogP contribution in [0.2, 0.25) is 0 Å². The van der Waals surface area contributed by atoms with Crippen molar-refractivity contribution in [1.82, 2.24) is 9.55 Å². The Hall–Kier alpha value is -1.40. The summed E-state index contributed by atoms with van der Waals surface area (Å²) in [5.41, 5.74) is 5.07. The van der Waals surface area contributed by atoms with E-state index in [1.807, 2.05) is 0 Å². The molecule has 6 nitrogen and oxygen atoms in total. The monoisotopic (exact) mass is 251 g/mol. The maximum absolute atomic E-state index is 11.9. The summed E-state index contributed by atoms with van der Waals surface area (Å²) in [5, 5.41) is 9.33. The quantitative estimate of drug-likeness (QED) is 0.779. The molecule has 0 radical (unpaired) electrons. The number of hydrogen-bond donors (Lipinski definition) is 2. The Morgan fingerprint density at radius 1 is 1.67 bits per heavy atom. The summed E-state index contributed by atoms with van der Waals surface area (Å²) in [6.07, 6.45) is 3.13. The predicted molar refractivity (Wildman–Crippen MR) is 64.7 cm³/mol. The van der Waals surface area contributed by atoms with Gasteiger partial charge in [-0.25, -0.2) is 4.79 Å². The summed E-state index contributed by atoms with van der Waals surface area (Å²) in [5.74, 6) is 0.461. The van der Waals surface area contributed by atoms with Gasteiger partial charge in [0, 0.05) is 11.6 Å². The Balaban J connectivity index is 2.00. The molecule has 3 rings (SSSR count). The topological polar surface area (TPSA) is 90.4 Å². The lowest BCUT2D eigenvalue weighted by atomic mass is 9.88. The Bertz CT molecular complexity index is 524. The van der Waals surface area contributed by atoms with Gasteiger partial charge in [-0.05, 0) is 24.8 Å². The summed E-state index contributed by atoms with van der Waals surface area (Å²) in [6.45, 7) is 2.06. The van der Waals surface area contributed by atoms with Crippen LogP contribution < -0.4 is 11.4 Å². The number of nitrogen functional groups attached to an aromatic ring is 1. The standard InChI is InChI=1S/C12H17N3O3/c1-7-8(6-16)18-10(12(7)3-4-12)15-5-2-9(13)14-11(15)17/h2,5,7-8,10,16H,3-4,6H2,1H3,(H2,13,14,17). The van der Waals surface area contributed by atoms with E-state index >= 15 is 0 Å². The molecule has 1 aliphatic heterocycles. The number of nitrogens with zero attached hydrogens (tertiary/aromatic N) is 2. The van der Waals surface area contributed by atoms with Crippen molar-refractivity contribution in [1.29, 1.82) is 0 Å². The molecule has 1 aromatic rings. The lowest BCUT2D eigenvalue weighted by Crippen LogP contribution is -2.31. The SMILES string of the molecule is CC1C(CO)OC(n2ccc(N)nc2=O)C12CC2. The maximum Gasteiger partial charge on any atom is 0.351 e. The van der Waals surface area contributed by atoms with Crippen LogP contribution in [0.5, 0.6) is 0 Å². The van der Waals surface area contributed by atoms with Crippen LogP contribution in [-0.2, 0) is 4.74 Å². The molecule has 3 N–H and O–H groups in total. The fourth-order valence-corrected chi connectivity index (χ4v) is 3.01. The van der Waals surface area contributed by atoms with Crippen LogP contribution in [0.25, 0.3) is 0 Å². The normalized spacial score (nSPS) is 32.9. The molecule has 2 fully saturated rings. The van der Waals surface area contributed by atoms with Gasteiger partial charge in [0.1, 0.15) is 12.0 Å². The molecule has 98 valence electrons. The molecule has 3 atom stereocenters. The van der Waals surface area contributed by atoms with Crippen LogP contribution in [0.3, 0.4) is 0 Å². The minimum Gasteiger partial charge on any atom is -0.394 e. The van der Waals surface area contributed by atoms with Gasteiger partial charge in [-0.15, -0.1) is 0 Å². The molecule has 18 heavy (non-hydrogen) atoms. The molecule has 6 heteroatoms. The minimum atomic E-state index is -0.392. The van der Waals surface area contributed by atoms with E-state index in [2.05, 4.69) is 11.9 Å². The fourth-order valence-electron chi connectivity index (χ4n) is 3.01. The van der Waals surface area contributed by atoms with E-state index < -0.39 is 5.69 Å². The Kier molecular flexibility index (Phi) is 2.46. The van der Waals surface area contributed by atoms with Gasteiger partial charge < -0.3 is 15.6 Å². The van der Waals surface area contributed by atoms with E-state index in [0.717, 1.165) is 12.8 Å². The molecule has 1 saturated heterocycles. The number of rotatable bonds is 2. The van der Waals surface area contributed by atoms with E-state index in [9.17, 15) is 9.90 Å². The minimum absolute atomic E-state index is 0.0173. The Morgan fingerprint density at radius 3 is 2.94 bits per heavy atom. The average molecular weight is 251 g/mol. The summed E-state index contributed by atoms with van der Waals surface area (Å²) in [7, 11) is 0. The molecule has 0 bridgehead atoms. The lowest BCUT2D eigenvalue weighted by molar-refractivity contribution is -0.0416. The lowest BCUT2D eigenvalue weighted by Gasteiger charge is -2.21. The maximum atomic E-state index is 11.9. The average Bonchev–Trinajstić information content (AvgIpc) is 3.07. The highest BCUT2D eigenvalue weighted by molar-refractivity contribution is 5.24. The highest BCUT2D eigenvalue weighted by Crippen LogP contribution is 2.65. The highest BCUT2D eigenvalue weighted by Gasteiger charge is 2.62. The van der Waals surface area contributed by atoms with Gasteiger partial charge in [-0.1, -0.05) is 6.92 Å². The zero-order chi connectivity index (χ0) is 12.9. The Labute approximate surface area is 104 Å². The first-order valence-corrected chi connectivity index (χ1v) is 6.19. The molecular formula is C12H17N3O3. The van der Waals surface area contributed by atoms with Gasteiger partial charge in [-0.2, -0.15) is 4.98 Å². The zero-order valence-electron chi connectivity index (χ0n) is 10.2. The molecule has 1 aliphatic carbocycles. The molecular weight excluding hydrogens is 234 g/mol. The second-order valence-electron chi connectivity index (χ2n) is 5.27. The smallest absolute Gasteiger partial charge is 0.351 e. The number of hydrogen-bond acceptors (Lipinski definition) is 5. The first kappa shape index (κ1) is 11.7. The van der Waals surface area contributed by atoms with Crippen molar-refractivity contribution in [2.75, 3.05) is 12.3 Å². The molecule has 3 unspecified atom stereocenters. The van der Waals surface area contributed by atoms with Crippen molar-refractivity contribution in [3.63, 3.8) is 0 Å². The van der Waals surface area contributed by atoms with E-state index in [1.165, 1.54) is 4.57 Å². The van der Waals surface area contributed by atoms with Crippen LogP contribution in [0.15, 0.2) is 17.1 Å². The highest BCUT2D eigenvalue weighted by atomic mass is 16.5. The summed E-state index contributed by atoms with van der Waals surface area (Å²) in [4.78, 5) is 15.6. The number of aliphatic hydroxyl groups excluding tert-OH is 1. The van der Waals surface area contributed by atoms with Crippen LogP contribution in [0, 0.1) is 11.3 Å². The number of aromatic nitrogens is 2. The molecule has 0 amide bonds. The van der Waals surface area contributed by atoms with E-state index in [4.69, 9.17) is 10.5 Å². The number of anilines is 1. The number of nitrogens with two attached hydrogens (primary N) is 1. The van der Waals surface area contributed by atoms with Crippen LogP contribution in [0.4, 0.5) is 5.82 Å². The number of aliphatic hydroxyl groups is 1. The van der Waals surface area contributed by atoms with Crippen molar-refractivity contribution in [3.05, 3.63) is 22.7 Å². The van der Waals surface area contributed by atoms with Crippen molar-refractivity contribution in [3.8, 4) is 0 Å². The summed E-state index contributed by atoms with van der Waals surface area (Å²) >= 11 is 0. The molecule has 0 aromatic carbocycles. The molecule has 2 aliphatic rings. The third-order valence-electron chi connectivity index (χ3n) is 4.37. The van der Waals surface area contributed by atoms with Gasteiger partial charge >= 0.3 is 5.69 Å². The van der Waals surface area contributed by atoms with Gasteiger partial charge in [-0.3, -0.25) is 4.57 Å². The zero-order valence-corrected chi connectivity index (χ0v) is 10.2. The van der Waals surface area contributed by atoms with Crippen LogP contribution in [-0.4, -0.2) is 27.4 Å². The van der Waals surface area contributed by atoms with Crippen molar-refractivity contribution in [2.24, 2.45) is 11.3 Å². The van der Waals surface area contributed by atoms with Crippen LogP contribution in [0.1, 0.15) is 26.0 Å². The predicted octanol–water partition coefficient (Wildman–Crippen LogP) is 0.131. The molecule has 1 aromatic heterocycles. The second-order valence-corrected chi connectivity index (χ2v) is 5.27. The summed E-state index contributed by atoms with van der Waals surface area (Å²) < 4.78 is 7.34. The van der Waals surface area contributed by atoms with E-state index in [-0.39, 0.29) is 36.1 Å². The molecule has 1 spiro atoms. The van der Waals surface area contributed by atoms with Crippen molar-refractivity contribution in [2.45, 2.75) is 32.1 Å². The Morgan fingerprint density at radius 2 is 2.39 bits per heavy atom. The van der Waals surface area contributed by atoms with E-state index in [1.54, 1.807) is 12.3 Å². The molecule has 1 saturated carbocycles. The molecule has 2 heterocycles. The summed E-state index contributed by atoms with van der Waals surface area (Å²) in [6, 6.07) is 1.60. The van der Waals surface area contributed by atoms with Crippen molar-refractivity contribution >= 4 is 5.82 Å². The van der Waals surface area contributed by atoms with Gasteiger partial charge in [0.2, 0.25) is 0 Å². The van der Waals surface area contributed by atoms with Crippen LogP contribution >= 0.6 is 0 Å². The third kappa shape index (κ3) is 1.49. The first-order chi connectivity index (χ1) is 8.58. The largest absolute Gasteiger partial charge is 0.394 e. The van der Waals surface area contributed by atoms with Gasteiger partial charge in [0.25, 0.3) is 0 Å². The second kappa shape index (κ2) is 3.80. The van der Waals surface area contributed by atoms with Gasteiger partial charge in [0.05, 0.1) is 12.7 Å². The fraction of sp³-hybridized carbons (Fsp3) is 0.667. The van der Waals surface area contributed by atoms with E-state index in [0.29, 0.717) is 0 Å². The van der Waals surface area contributed by atoms with Crippen molar-refractivity contribution < 1.29 is 9.84 Å². The van der Waals surface area contributed by atoms with Gasteiger partial charge in [0.15, 0.2) is 0 Å². The number of ether oxygens (including phenoxy) is 1. The first-order valence-electron chi connectivity index (χ1n) is 6.19. The third-order valence-corrected chi connectivity index (χ3v) is 4.37.